The lowest BCUT2D eigenvalue weighted by atomic mass is 10.3. The molecule has 0 spiro atoms. The van der Waals surface area contributed by atoms with Gasteiger partial charge in [-0.15, -0.1) is 0 Å². The number of hydrogen-bond acceptors (Lipinski definition) is 2. The molecule has 4 nitrogen and oxygen atoms in total. The quantitative estimate of drug-likeness (QED) is 0.841. The number of hydrogen-bond donors (Lipinski definition) is 2. The van der Waals surface area contributed by atoms with Crippen LogP contribution in [0.25, 0.3) is 0 Å². The van der Waals surface area contributed by atoms with E-state index in [0.29, 0.717) is 12.2 Å². The molecule has 102 valence electrons. The van der Waals surface area contributed by atoms with Gasteiger partial charge in [-0.05, 0) is 28.4 Å². The summed E-state index contributed by atoms with van der Waals surface area (Å²) in [5.41, 5.74) is 0.380. The van der Waals surface area contributed by atoms with Crippen molar-refractivity contribution in [3.05, 3.63) is 22.4 Å². The van der Waals surface area contributed by atoms with Gasteiger partial charge in [-0.3, -0.25) is 4.79 Å². The van der Waals surface area contributed by atoms with Crippen molar-refractivity contribution in [1.82, 2.24) is 9.88 Å². The molecule has 1 unspecified atom stereocenters. The van der Waals surface area contributed by atoms with Crippen LogP contribution in [0.3, 0.4) is 0 Å². The summed E-state index contributed by atoms with van der Waals surface area (Å²) in [4.78, 5) is 11.8. The molecule has 1 heterocycles. The van der Waals surface area contributed by atoms with Crippen molar-refractivity contribution < 1.29 is 18.7 Å². The van der Waals surface area contributed by atoms with Crippen LogP contribution in [0.2, 0.25) is 0 Å². The lowest BCUT2D eigenvalue weighted by Gasteiger charge is -2.12. The Morgan fingerprint density at radius 1 is 1.61 bits per heavy atom. The van der Waals surface area contributed by atoms with Crippen LogP contribution in [0.5, 0.6) is 0 Å². The maximum Gasteiger partial charge on any atom is 0.268 e. The molecule has 0 aliphatic heterocycles. The van der Waals surface area contributed by atoms with Gasteiger partial charge >= 0.3 is 0 Å². The Morgan fingerprint density at radius 2 is 2.28 bits per heavy atom. The Hall–Kier alpha value is -0.950. The summed E-state index contributed by atoms with van der Waals surface area (Å²) in [6.07, 6.45) is -2.10. The first kappa shape index (κ1) is 15.1. The Bertz CT molecular complexity index is 410. The van der Waals surface area contributed by atoms with Crippen molar-refractivity contribution in [2.45, 2.75) is 32.4 Å². The maximum atomic E-state index is 12.1. The number of carbonyl (C=O) groups excluding carboxylic acids is 1. The van der Waals surface area contributed by atoms with E-state index in [2.05, 4.69) is 21.2 Å². The smallest absolute Gasteiger partial charge is 0.268 e. The van der Waals surface area contributed by atoms with E-state index in [1.54, 1.807) is 16.8 Å². The third-order valence-corrected chi connectivity index (χ3v) is 2.76. The van der Waals surface area contributed by atoms with Gasteiger partial charge < -0.3 is 15.0 Å². The van der Waals surface area contributed by atoms with Gasteiger partial charge in [0, 0.05) is 23.8 Å². The number of aryl methyl sites for hydroxylation is 1. The maximum absolute atomic E-state index is 12.1. The first-order valence-electron chi connectivity index (χ1n) is 5.55. The zero-order valence-electron chi connectivity index (χ0n) is 9.87. The number of amides is 1. The summed E-state index contributed by atoms with van der Waals surface area (Å²) in [6.45, 7) is 2.16. The summed E-state index contributed by atoms with van der Waals surface area (Å²) in [7, 11) is 0. The summed E-state index contributed by atoms with van der Waals surface area (Å²) in [5, 5.41) is 11.2. The van der Waals surface area contributed by atoms with Crippen molar-refractivity contribution in [2.75, 3.05) is 6.54 Å². The second-order valence-electron chi connectivity index (χ2n) is 3.85. The van der Waals surface area contributed by atoms with Gasteiger partial charge in [0.2, 0.25) is 0 Å². The third kappa shape index (κ3) is 4.06. The van der Waals surface area contributed by atoms with E-state index < -0.39 is 25.0 Å². The van der Waals surface area contributed by atoms with Crippen LogP contribution < -0.4 is 5.32 Å². The van der Waals surface area contributed by atoms with Gasteiger partial charge in [0.05, 0.1) is 0 Å². The van der Waals surface area contributed by atoms with Crippen LogP contribution in [0.1, 0.15) is 23.8 Å². The van der Waals surface area contributed by atoms with E-state index in [0.717, 1.165) is 10.9 Å². The number of aliphatic hydroxyl groups excluding tert-OH is 1. The third-order valence-electron chi connectivity index (χ3n) is 2.32. The fourth-order valence-electron chi connectivity index (χ4n) is 1.47. The summed E-state index contributed by atoms with van der Waals surface area (Å²) in [6, 6.07) is 1.61. The topological polar surface area (TPSA) is 54.3 Å². The van der Waals surface area contributed by atoms with E-state index in [1.165, 1.54) is 0 Å². The normalized spacial score (nSPS) is 12.8. The zero-order valence-corrected chi connectivity index (χ0v) is 11.5. The van der Waals surface area contributed by atoms with Crippen LogP contribution in [0, 0.1) is 0 Å². The zero-order chi connectivity index (χ0) is 13.7. The molecule has 1 aromatic rings. The molecule has 1 rings (SSSR count). The Labute approximate surface area is 112 Å². The summed E-state index contributed by atoms with van der Waals surface area (Å²) in [5.74, 6) is -0.478. The number of alkyl halides is 2. The number of aromatic nitrogens is 1. The molecule has 0 saturated heterocycles. The van der Waals surface area contributed by atoms with Crippen LogP contribution in [0.4, 0.5) is 8.78 Å². The molecular formula is C11H15BrF2N2O2. The van der Waals surface area contributed by atoms with Crippen LogP contribution in [0.15, 0.2) is 16.7 Å². The Balaban J connectivity index is 2.66. The van der Waals surface area contributed by atoms with E-state index >= 15 is 0 Å². The lowest BCUT2D eigenvalue weighted by molar-refractivity contribution is -0.00274. The fourth-order valence-corrected chi connectivity index (χ4v) is 1.93. The van der Waals surface area contributed by atoms with Crippen LogP contribution in [-0.2, 0) is 6.54 Å². The van der Waals surface area contributed by atoms with Gasteiger partial charge in [0.25, 0.3) is 12.3 Å². The summed E-state index contributed by atoms with van der Waals surface area (Å²) >= 11 is 3.25. The second-order valence-corrected chi connectivity index (χ2v) is 4.76. The molecule has 1 amide bonds. The highest BCUT2D eigenvalue weighted by molar-refractivity contribution is 9.10. The molecule has 1 aromatic heterocycles. The molecule has 0 aliphatic rings. The minimum atomic E-state index is -2.86. The van der Waals surface area contributed by atoms with Crippen molar-refractivity contribution in [1.29, 1.82) is 0 Å². The number of rotatable bonds is 6. The molecule has 18 heavy (non-hydrogen) atoms. The van der Waals surface area contributed by atoms with E-state index in [1.807, 2.05) is 6.92 Å². The molecule has 0 aliphatic carbocycles. The highest BCUT2D eigenvalue weighted by atomic mass is 79.9. The lowest BCUT2D eigenvalue weighted by Crippen LogP contribution is -2.36. The van der Waals surface area contributed by atoms with Crippen LogP contribution >= 0.6 is 15.9 Å². The monoisotopic (exact) mass is 324 g/mol. The van der Waals surface area contributed by atoms with Gasteiger partial charge in [-0.1, -0.05) is 6.92 Å². The van der Waals surface area contributed by atoms with E-state index in [9.17, 15) is 13.6 Å². The molecule has 1 atom stereocenters. The van der Waals surface area contributed by atoms with Gasteiger partial charge in [-0.2, -0.15) is 0 Å². The molecule has 0 radical (unpaired) electrons. The predicted molar refractivity (Wildman–Crippen MR) is 66.8 cm³/mol. The van der Waals surface area contributed by atoms with Gasteiger partial charge in [0.1, 0.15) is 11.8 Å². The van der Waals surface area contributed by atoms with Crippen molar-refractivity contribution in [2.24, 2.45) is 0 Å². The first-order chi connectivity index (χ1) is 8.45. The second kappa shape index (κ2) is 6.84. The van der Waals surface area contributed by atoms with E-state index in [-0.39, 0.29) is 0 Å². The Kier molecular flexibility index (Phi) is 5.74. The van der Waals surface area contributed by atoms with Crippen molar-refractivity contribution >= 4 is 21.8 Å². The highest BCUT2D eigenvalue weighted by Gasteiger charge is 2.19. The van der Waals surface area contributed by atoms with Gasteiger partial charge in [0.15, 0.2) is 0 Å². The molecule has 0 aromatic carbocycles. The standard InChI is InChI=1S/C11H15BrF2N2O2/c1-2-3-16-6-7(12)4-8(16)11(18)15-5-9(17)10(13)14/h4,6,9-10,17H,2-3,5H2,1H3,(H,15,18). The molecular weight excluding hydrogens is 310 g/mol. The van der Waals surface area contributed by atoms with Crippen LogP contribution in [-0.4, -0.2) is 34.7 Å². The number of nitrogens with one attached hydrogen (secondary N) is 1. The molecule has 0 saturated carbocycles. The molecule has 2 N–H and O–H groups in total. The largest absolute Gasteiger partial charge is 0.385 e. The number of carbonyl (C=O) groups is 1. The molecule has 0 bridgehead atoms. The number of aliphatic hydroxyl groups is 1. The average molecular weight is 325 g/mol. The Morgan fingerprint density at radius 3 is 2.83 bits per heavy atom. The average Bonchev–Trinajstić information content (AvgIpc) is 2.67. The van der Waals surface area contributed by atoms with E-state index in [4.69, 9.17) is 5.11 Å². The number of nitrogens with zero attached hydrogens (tertiary/aromatic N) is 1. The minimum Gasteiger partial charge on any atom is -0.385 e. The molecule has 7 heteroatoms. The fraction of sp³-hybridized carbons (Fsp3) is 0.545. The van der Waals surface area contributed by atoms with Crippen molar-refractivity contribution in [3.63, 3.8) is 0 Å². The van der Waals surface area contributed by atoms with Gasteiger partial charge in [-0.25, -0.2) is 8.78 Å². The summed E-state index contributed by atoms with van der Waals surface area (Å²) < 4.78 is 26.6. The molecule has 0 fully saturated rings. The minimum absolute atomic E-state index is 0.380. The first-order valence-corrected chi connectivity index (χ1v) is 6.35. The SMILES string of the molecule is CCCn1cc(Br)cc1C(=O)NCC(O)C(F)F. The van der Waals surface area contributed by atoms with Crippen molar-refractivity contribution in [3.8, 4) is 0 Å². The number of halogens is 3. The highest BCUT2D eigenvalue weighted by Crippen LogP contribution is 2.15. The predicted octanol–water partition coefficient (Wildman–Crippen LogP) is 2.02.